The number of hydrazone groups is 1. The van der Waals surface area contributed by atoms with Crippen LogP contribution in [0.2, 0.25) is 0 Å². The van der Waals surface area contributed by atoms with E-state index >= 15 is 0 Å². The lowest BCUT2D eigenvalue weighted by Crippen LogP contribution is -2.17. The number of anilines is 1. The Hall–Kier alpha value is -3.41. The van der Waals surface area contributed by atoms with E-state index in [1.165, 1.54) is 0 Å². The molecule has 0 aliphatic heterocycles. The van der Waals surface area contributed by atoms with Gasteiger partial charge in [0.15, 0.2) is 0 Å². The Balaban J connectivity index is 1.60. The van der Waals surface area contributed by atoms with Crippen molar-refractivity contribution in [2.75, 3.05) is 5.32 Å². The number of amides is 2. The Morgan fingerprint density at radius 3 is 2.65 bits per heavy atom. The molecule has 3 N–H and O–H groups in total. The summed E-state index contributed by atoms with van der Waals surface area (Å²) in [6.45, 7) is 1.95. The molecule has 6 nitrogen and oxygen atoms in total. The van der Waals surface area contributed by atoms with Crippen LogP contribution in [0.25, 0.3) is 10.9 Å². The highest BCUT2D eigenvalue weighted by Crippen LogP contribution is 2.15. The van der Waals surface area contributed by atoms with Crippen LogP contribution in [0.15, 0.2) is 59.8 Å². The first kappa shape index (κ1) is 17.4. The number of hydrogen-bond donors (Lipinski definition) is 3. The lowest BCUT2D eigenvalue weighted by Gasteiger charge is -2.05. The fraction of sp³-hybridized carbons (Fsp3) is 0.150. The van der Waals surface area contributed by atoms with Gasteiger partial charge in [-0.1, -0.05) is 25.1 Å². The lowest BCUT2D eigenvalue weighted by atomic mass is 10.2. The summed E-state index contributed by atoms with van der Waals surface area (Å²) < 4.78 is 0. The molecule has 0 bridgehead atoms. The second kappa shape index (κ2) is 8.11. The summed E-state index contributed by atoms with van der Waals surface area (Å²) in [7, 11) is 0. The van der Waals surface area contributed by atoms with Gasteiger partial charge in [0.25, 0.3) is 5.91 Å². The number of hydrogen-bond acceptors (Lipinski definition) is 3. The highest BCUT2D eigenvalue weighted by Gasteiger charge is 2.06. The number of fused-ring (bicyclic) bond motifs is 1. The summed E-state index contributed by atoms with van der Waals surface area (Å²) in [5.41, 5.74) is 5.56. The smallest absolute Gasteiger partial charge is 0.271 e. The van der Waals surface area contributed by atoms with Gasteiger partial charge in [0.2, 0.25) is 5.91 Å². The third-order valence-corrected chi connectivity index (χ3v) is 3.90. The van der Waals surface area contributed by atoms with E-state index in [9.17, 15) is 9.59 Å². The lowest BCUT2D eigenvalue weighted by molar-refractivity contribution is -0.116. The van der Waals surface area contributed by atoms with Gasteiger partial charge >= 0.3 is 0 Å². The zero-order chi connectivity index (χ0) is 18.4. The first-order chi connectivity index (χ1) is 12.7. The average molecular weight is 348 g/mol. The average Bonchev–Trinajstić information content (AvgIpc) is 3.06. The summed E-state index contributed by atoms with van der Waals surface area (Å²) in [6.07, 6.45) is 4.72. The maximum Gasteiger partial charge on any atom is 0.271 e. The van der Waals surface area contributed by atoms with Gasteiger partial charge in [-0.3, -0.25) is 9.59 Å². The van der Waals surface area contributed by atoms with Gasteiger partial charge in [-0.05, 0) is 36.8 Å². The zero-order valence-corrected chi connectivity index (χ0v) is 14.5. The predicted molar refractivity (Wildman–Crippen MR) is 103 cm³/mol. The Morgan fingerprint density at radius 2 is 1.88 bits per heavy atom. The fourth-order valence-electron chi connectivity index (χ4n) is 2.58. The number of nitrogens with one attached hydrogen (secondary N) is 3. The van der Waals surface area contributed by atoms with Crippen LogP contribution in [0.1, 0.15) is 35.7 Å². The summed E-state index contributed by atoms with van der Waals surface area (Å²) in [6, 6.07) is 14.6. The minimum Gasteiger partial charge on any atom is -0.361 e. The largest absolute Gasteiger partial charge is 0.361 e. The molecule has 0 saturated heterocycles. The number of aromatic nitrogens is 1. The first-order valence-corrected chi connectivity index (χ1v) is 8.47. The second-order valence-electron chi connectivity index (χ2n) is 5.86. The van der Waals surface area contributed by atoms with Crippen molar-refractivity contribution in [2.45, 2.75) is 19.8 Å². The van der Waals surface area contributed by atoms with Crippen molar-refractivity contribution in [1.82, 2.24) is 10.4 Å². The third-order valence-electron chi connectivity index (χ3n) is 3.90. The Morgan fingerprint density at radius 1 is 1.12 bits per heavy atom. The van der Waals surface area contributed by atoms with Crippen molar-refractivity contribution in [3.8, 4) is 0 Å². The molecule has 26 heavy (non-hydrogen) atoms. The maximum absolute atomic E-state index is 12.2. The van der Waals surface area contributed by atoms with E-state index in [1.807, 2.05) is 37.4 Å². The molecule has 3 rings (SSSR count). The van der Waals surface area contributed by atoms with Crippen LogP contribution in [-0.4, -0.2) is 23.0 Å². The van der Waals surface area contributed by atoms with Gasteiger partial charge < -0.3 is 10.3 Å². The molecule has 0 saturated carbocycles. The number of benzene rings is 2. The minimum absolute atomic E-state index is 0.0342. The molecule has 0 atom stereocenters. The molecule has 0 aliphatic carbocycles. The Kier molecular flexibility index (Phi) is 5.43. The van der Waals surface area contributed by atoms with Crippen LogP contribution < -0.4 is 10.7 Å². The van der Waals surface area contributed by atoms with Crippen molar-refractivity contribution in [3.05, 3.63) is 65.9 Å². The highest BCUT2D eigenvalue weighted by atomic mass is 16.2. The Labute approximate surface area is 151 Å². The standard InChI is InChI=1S/C20H20N4O2/c1-2-5-19(25)23-16-10-8-14(9-11-16)20(26)24-22-13-15-12-21-18-7-4-3-6-17(15)18/h3-4,6-13,21H,2,5H2,1H3,(H,23,25)(H,24,26)/b22-13+. The van der Waals surface area contributed by atoms with E-state index in [0.29, 0.717) is 17.7 Å². The van der Waals surface area contributed by atoms with Crippen molar-refractivity contribution < 1.29 is 9.59 Å². The van der Waals surface area contributed by atoms with Gasteiger partial charge in [-0.2, -0.15) is 5.10 Å². The van der Waals surface area contributed by atoms with E-state index in [4.69, 9.17) is 0 Å². The van der Waals surface area contributed by atoms with Crippen LogP contribution in [0, 0.1) is 0 Å². The molecule has 2 amide bonds. The molecule has 2 aromatic carbocycles. The van der Waals surface area contributed by atoms with Gasteiger partial charge in [0.05, 0.1) is 6.21 Å². The van der Waals surface area contributed by atoms with E-state index in [1.54, 1.807) is 30.5 Å². The molecule has 6 heteroatoms. The molecule has 1 aromatic heterocycles. The van der Waals surface area contributed by atoms with Gasteiger partial charge in [0.1, 0.15) is 0 Å². The van der Waals surface area contributed by atoms with Crippen molar-refractivity contribution in [1.29, 1.82) is 0 Å². The van der Waals surface area contributed by atoms with Crippen molar-refractivity contribution >= 4 is 34.6 Å². The number of para-hydroxylation sites is 1. The summed E-state index contributed by atoms with van der Waals surface area (Å²) in [4.78, 5) is 26.9. The minimum atomic E-state index is -0.312. The monoisotopic (exact) mass is 348 g/mol. The highest BCUT2D eigenvalue weighted by molar-refractivity contribution is 6.00. The van der Waals surface area contributed by atoms with Gasteiger partial charge in [0, 0.05) is 40.3 Å². The normalized spacial score (nSPS) is 11.0. The van der Waals surface area contributed by atoms with E-state index < -0.39 is 0 Å². The number of carbonyl (C=O) groups excluding carboxylic acids is 2. The van der Waals surface area contributed by atoms with Crippen molar-refractivity contribution in [3.63, 3.8) is 0 Å². The maximum atomic E-state index is 12.2. The van der Waals surface area contributed by atoms with Gasteiger partial charge in [-0.15, -0.1) is 0 Å². The molecule has 0 unspecified atom stereocenters. The Bertz CT molecular complexity index is 942. The predicted octanol–water partition coefficient (Wildman–Crippen LogP) is 3.67. The van der Waals surface area contributed by atoms with Crippen LogP contribution in [-0.2, 0) is 4.79 Å². The van der Waals surface area contributed by atoms with Crippen LogP contribution in [0.4, 0.5) is 5.69 Å². The third kappa shape index (κ3) is 4.16. The number of nitrogens with zero attached hydrogens (tertiary/aromatic N) is 1. The second-order valence-corrected chi connectivity index (χ2v) is 5.86. The van der Waals surface area contributed by atoms with Crippen LogP contribution in [0.5, 0.6) is 0 Å². The molecule has 132 valence electrons. The quantitative estimate of drug-likeness (QED) is 0.469. The topological polar surface area (TPSA) is 86.3 Å². The van der Waals surface area contributed by atoms with Crippen LogP contribution >= 0.6 is 0 Å². The van der Waals surface area contributed by atoms with Crippen molar-refractivity contribution in [2.24, 2.45) is 5.10 Å². The number of aromatic amines is 1. The molecule has 0 aliphatic rings. The molecule has 3 aromatic rings. The summed E-state index contributed by atoms with van der Waals surface area (Å²) >= 11 is 0. The molecular weight excluding hydrogens is 328 g/mol. The molecular formula is C20H20N4O2. The number of carbonyl (C=O) groups is 2. The number of H-pyrrole nitrogens is 1. The van der Waals surface area contributed by atoms with Gasteiger partial charge in [-0.25, -0.2) is 5.43 Å². The SMILES string of the molecule is CCCC(=O)Nc1ccc(C(=O)N/N=C/c2c[nH]c3ccccc23)cc1. The molecule has 1 heterocycles. The molecule has 0 spiro atoms. The van der Waals surface area contributed by atoms with Crippen LogP contribution in [0.3, 0.4) is 0 Å². The van der Waals surface area contributed by atoms with E-state index in [0.717, 1.165) is 22.9 Å². The molecule has 0 fully saturated rings. The summed E-state index contributed by atoms with van der Waals surface area (Å²) in [5.74, 6) is -0.347. The number of rotatable bonds is 6. The summed E-state index contributed by atoms with van der Waals surface area (Å²) in [5, 5.41) is 7.84. The van der Waals surface area contributed by atoms with E-state index in [2.05, 4.69) is 20.8 Å². The van der Waals surface area contributed by atoms with E-state index in [-0.39, 0.29) is 11.8 Å². The zero-order valence-electron chi connectivity index (χ0n) is 14.5. The first-order valence-electron chi connectivity index (χ1n) is 8.47. The fourth-order valence-corrected chi connectivity index (χ4v) is 2.58. The molecule has 0 radical (unpaired) electrons.